The fourth-order valence-electron chi connectivity index (χ4n) is 1.58. The van der Waals surface area contributed by atoms with Gasteiger partial charge in [-0.25, -0.2) is 0 Å². The van der Waals surface area contributed by atoms with E-state index in [-0.39, 0.29) is 18.9 Å². The van der Waals surface area contributed by atoms with E-state index >= 15 is 0 Å². The van der Waals surface area contributed by atoms with Gasteiger partial charge in [0.25, 0.3) is 0 Å². The smallest absolute Gasteiger partial charge is 0.343 e. The number of hydrogen-bond donors (Lipinski definition) is 0. The fourth-order valence-corrected chi connectivity index (χ4v) is 2.95. The molecule has 1 fully saturated rings. The summed E-state index contributed by atoms with van der Waals surface area (Å²) in [7, 11) is 0. The first-order chi connectivity index (χ1) is 5.43. The van der Waals surface area contributed by atoms with Crippen LogP contribution in [0.5, 0.6) is 0 Å². The molecule has 0 aromatic rings. The van der Waals surface area contributed by atoms with Crippen LogP contribution in [-0.2, 0) is 0 Å². The Morgan fingerprint density at radius 2 is 1.83 bits per heavy atom. The predicted octanol–water partition coefficient (Wildman–Crippen LogP) is 0.671. The normalized spacial score (nSPS) is 17.8. The van der Waals surface area contributed by atoms with Crippen LogP contribution in [0, 0.1) is 6.92 Å². The van der Waals surface area contributed by atoms with Crippen molar-refractivity contribution in [3.63, 3.8) is 0 Å². The van der Waals surface area contributed by atoms with Crippen molar-refractivity contribution in [2.45, 2.75) is 50.2 Å². The Hall–Kier alpha value is 0.947. The van der Waals surface area contributed by atoms with Crippen molar-refractivity contribution in [2.24, 2.45) is 0 Å². The monoisotopic (exact) mass is 178 g/mol. The molecule has 0 nitrogen and oxygen atoms in total. The van der Waals surface area contributed by atoms with Crippen LogP contribution in [0.3, 0.4) is 0 Å². The third kappa shape index (κ3) is 5.57. The molecule has 0 N–H and O–H groups in total. The van der Waals surface area contributed by atoms with Gasteiger partial charge in [-0.15, -0.1) is 0 Å². The molecule has 0 unspecified atom stereocenters. The van der Waals surface area contributed by atoms with Gasteiger partial charge in [0.2, 0.25) is 0 Å². The number of rotatable bonds is 5. The zero-order chi connectivity index (χ0) is 7.94. The van der Waals surface area contributed by atoms with E-state index in [9.17, 15) is 0 Å². The Kier molecular flexibility index (Phi) is 9.22. The molecule has 0 aliphatic heterocycles. The third-order valence-corrected chi connectivity index (χ3v) is 3.77. The van der Waals surface area contributed by atoms with Crippen molar-refractivity contribution >= 4 is 11.8 Å². The molecular formula is C10H19LiS. The zero-order valence-corrected chi connectivity index (χ0v) is 9.17. The number of hydrogen-bond acceptors (Lipinski definition) is 1. The van der Waals surface area contributed by atoms with Crippen molar-refractivity contribution in [1.29, 1.82) is 0 Å². The summed E-state index contributed by atoms with van der Waals surface area (Å²) < 4.78 is 0. The standard InChI is InChI=1S/C10H19S.Li/c1-2-3-6-9-11-10-7-4-5-8-10;/h10H,1-9H2;/q-1;+1. The second-order valence-corrected chi connectivity index (χ2v) is 4.75. The van der Waals surface area contributed by atoms with Crippen LogP contribution in [0.2, 0.25) is 0 Å². The SMILES string of the molecule is [CH2-]CCCCSC1CCCC1.[Li+]. The molecule has 1 saturated carbocycles. The van der Waals surface area contributed by atoms with Crippen LogP contribution < -0.4 is 18.9 Å². The quantitative estimate of drug-likeness (QED) is 0.339. The summed E-state index contributed by atoms with van der Waals surface area (Å²) in [5.41, 5.74) is 0. The molecule has 0 spiro atoms. The first-order valence-electron chi connectivity index (χ1n) is 4.84. The summed E-state index contributed by atoms with van der Waals surface area (Å²) in [5.74, 6) is 1.38. The molecule has 1 aliphatic rings. The van der Waals surface area contributed by atoms with Crippen molar-refractivity contribution < 1.29 is 18.9 Å². The largest absolute Gasteiger partial charge is 1.00 e. The molecule has 0 heterocycles. The van der Waals surface area contributed by atoms with Gasteiger partial charge in [0.15, 0.2) is 0 Å². The van der Waals surface area contributed by atoms with Gasteiger partial charge < -0.3 is 6.92 Å². The van der Waals surface area contributed by atoms with E-state index in [0.717, 1.165) is 11.7 Å². The van der Waals surface area contributed by atoms with Crippen LogP contribution in [-0.4, -0.2) is 11.0 Å². The molecule has 0 aromatic carbocycles. The van der Waals surface area contributed by atoms with E-state index in [4.69, 9.17) is 0 Å². The van der Waals surface area contributed by atoms with Crippen LogP contribution >= 0.6 is 11.8 Å². The molecule has 0 aromatic heterocycles. The van der Waals surface area contributed by atoms with Crippen LogP contribution in [0.15, 0.2) is 0 Å². The number of thioether (sulfide) groups is 1. The fraction of sp³-hybridized carbons (Fsp3) is 0.900. The molecule has 0 saturated heterocycles. The maximum atomic E-state index is 3.85. The molecule has 2 heteroatoms. The van der Waals surface area contributed by atoms with E-state index in [1.54, 1.807) is 0 Å². The average Bonchev–Trinajstić information content (AvgIpc) is 2.50. The molecule has 0 amide bonds. The van der Waals surface area contributed by atoms with Crippen molar-refractivity contribution in [3.05, 3.63) is 6.92 Å². The minimum Gasteiger partial charge on any atom is -0.343 e. The van der Waals surface area contributed by atoms with Crippen LogP contribution in [0.1, 0.15) is 44.9 Å². The summed E-state index contributed by atoms with van der Waals surface area (Å²) in [6.07, 6.45) is 9.74. The minimum atomic E-state index is 0. The van der Waals surface area contributed by atoms with E-state index in [1.165, 1.54) is 44.3 Å². The minimum absolute atomic E-state index is 0. The van der Waals surface area contributed by atoms with Crippen molar-refractivity contribution in [1.82, 2.24) is 0 Å². The van der Waals surface area contributed by atoms with Gasteiger partial charge in [-0.2, -0.15) is 18.2 Å². The van der Waals surface area contributed by atoms with E-state index in [2.05, 4.69) is 18.7 Å². The molecule has 12 heavy (non-hydrogen) atoms. The Bertz CT molecular complexity index is 89.8. The maximum Gasteiger partial charge on any atom is 1.00 e. The molecule has 0 atom stereocenters. The van der Waals surface area contributed by atoms with Crippen molar-refractivity contribution in [2.75, 3.05) is 5.75 Å². The molecule has 66 valence electrons. The van der Waals surface area contributed by atoms with Gasteiger partial charge in [-0.3, -0.25) is 0 Å². The Morgan fingerprint density at radius 3 is 2.42 bits per heavy atom. The maximum absolute atomic E-state index is 3.85. The van der Waals surface area contributed by atoms with Crippen LogP contribution in [0.25, 0.3) is 0 Å². The van der Waals surface area contributed by atoms with E-state index in [1.807, 2.05) is 0 Å². The summed E-state index contributed by atoms with van der Waals surface area (Å²) >= 11 is 2.20. The van der Waals surface area contributed by atoms with E-state index < -0.39 is 0 Å². The summed E-state index contributed by atoms with van der Waals surface area (Å²) in [5, 5.41) is 1.01. The molecular weight excluding hydrogens is 159 g/mol. The second-order valence-electron chi connectivity index (χ2n) is 3.34. The second kappa shape index (κ2) is 8.54. The van der Waals surface area contributed by atoms with Gasteiger partial charge in [-0.05, 0) is 25.0 Å². The molecule has 1 aliphatic carbocycles. The van der Waals surface area contributed by atoms with Gasteiger partial charge in [-0.1, -0.05) is 19.3 Å². The topological polar surface area (TPSA) is 0 Å². The summed E-state index contributed by atoms with van der Waals surface area (Å²) in [6, 6.07) is 0. The predicted molar refractivity (Wildman–Crippen MR) is 53.9 cm³/mol. The Morgan fingerprint density at radius 1 is 1.17 bits per heavy atom. The number of unbranched alkanes of at least 4 members (excludes halogenated alkanes) is 2. The molecule has 0 bridgehead atoms. The van der Waals surface area contributed by atoms with Crippen molar-refractivity contribution in [3.8, 4) is 0 Å². The van der Waals surface area contributed by atoms with Gasteiger partial charge in [0.1, 0.15) is 0 Å². The zero-order valence-electron chi connectivity index (χ0n) is 8.35. The Labute approximate surface area is 93.4 Å². The molecule has 1 rings (SSSR count). The van der Waals surface area contributed by atoms with Gasteiger partial charge in [0, 0.05) is 5.25 Å². The molecule has 0 radical (unpaired) electrons. The Balaban J connectivity index is 0.00000121. The van der Waals surface area contributed by atoms with Gasteiger partial charge >= 0.3 is 18.9 Å². The van der Waals surface area contributed by atoms with Crippen LogP contribution in [0.4, 0.5) is 0 Å². The van der Waals surface area contributed by atoms with Gasteiger partial charge in [0.05, 0.1) is 0 Å². The first-order valence-corrected chi connectivity index (χ1v) is 5.89. The first kappa shape index (κ1) is 12.9. The third-order valence-electron chi connectivity index (χ3n) is 2.30. The summed E-state index contributed by atoms with van der Waals surface area (Å²) in [4.78, 5) is 0. The van der Waals surface area contributed by atoms with E-state index in [0.29, 0.717) is 0 Å². The average molecular weight is 178 g/mol. The summed E-state index contributed by atoms with van der Waals surface area (Å²) in [6.45, 7) is 3.85.